The first kappa shape index (κ1) is 28.3. The van der Waals surface area contributed by atoms with E-state index in [-0.39, 0.29) is 4.90 Å². The Morgan fingerprint density at radius 1 is 0.861 bits per heavy atom. The molecule has 0 saturated heterocycles. The van der Waals surface area contributed by atoms with Crippen LogP contribution in [-0.4, -0.2) is 42.7 Å². The highest BCUT2D eigenvalue weighted by Crippen LogP contribution is 2.30. The van der Waals surface area contributed by atoms with Crippen LogP contribution in [0.25, 0.3) is 0 Å². The number of nitrogens with zero attached hydrogens (tertiary/aromatic N) is 2. The molecule has 0 fully saturated rings. The zero-order valence-electron chi connectivity index (χ0n) is 18.0. The lowest BCUT2D eigenvalue weighted by Crippen LogP contribution is -2.21. The molecule has 1 aromatic heterocycles. The molecule has 0 amide bonds. The van der Waals surface area contributed by atoms with Crippen LogP contribution in [0.3, 0.4) is 0 Å². The first-order chi connectivity index (χ1) is 16.6. The molecule has 0 aliphatic rings. The molecule has 3 rings (SSSR count). The summed E-state index contributed by atoms with van der Waals surface area (Å²) in [6.07, 6.45) is -8.22. The highest BCUT2D eigenvalue weighted by atomic mass is 32.2. The van der Waals surface area contributed by atoms with Crippen LogP contribution in [0.2, 0.25) is 0 Å². The fraction of sp³-hybridized carbons (Fsp3) is 0.150. The van der Waals surface area contributed by atoms with Crippen molar-refractivity contribution in [2.75, 3.05) is 17.7 Å². The Morgan fingerprint density at radius 2 is 1.39 bits per heavy atom. The summed E-state index contributed by atoms with van der Waals surface area (Å²) in [5, 5.41) is 13.0. The van der Waals surface area contributed by atoms with Gasteiger partial charge in [0.05, 0.1) is 10.5 Å². The van der Waals surface area contributed by atoms with Crippen LogP contribution in [0.4, 0.5) is 49.4 Å². The Hall–Kier alpha value is -3.92. The molecular weight excluding hydrogens is 520 g/mol. The number of nitrogens with one attached hydrogen (secondary N) is 3. The number of carboxylic acids is 1. The van der Waals surface area contributed by atoms with Crippen molar-refractivity contribution in [3.63, 3.8) is 0 Å². The van der Waals surface area contributed by atoms with Gasteiger partial charge in [-0.15, -0.1) is 0 Å². The van der Waals surface area contributed by atoms with Gasteiger partial charge in [0.1, 0.15) is 18.0 Å². The summed E-state index contributed by atoms with van der Waals surface area (Å²) in [7, 11) is -2.27. The monoisotopic (exact) mass is 537 g/mol. The molecule has 9 nitrogen and oxygen atoms in total. The summed E-state index contributed by atoms with van der Waals surface area (Å²) in [5.74, 6) is -2.04. The van der Waals surface area contributed by atoms with Crippen molar-refractivity contribution in [1.82, 2.24) is 14.7 Å². The Kier molecular flexibility index (Phi) is 8.82. The molecular formula is C20H17F6N5O4S. The molecule has 1 heterocycles. The number of aromatic nitrogens is 2. The number of hydrogen-bond donors (Lipinski definition) is 4. The van der Waals surface area contributed by atoms with Crippen LogP contribution < -0.4 is 15.4 Å². The Bertz CT molecular complexity index is 1300. The number of sulfonamides is 1. The van der Waals surface area contributed by atoms with Crippen LogP contribution in [0.5, 0.6) is 0 Å². The second-order valence-electron chi connectivity index (χ2n) is 6.65. The number of carboxylic acid groups (broad SMARTS) is 1. The molecule has 0 aliphatic carbocycles. The van der Waals surface area contributed by atoms with Gasteiger partial charge in [0.2, 0.25) is 10.0 Å². The van der Waals surface area contributed by atoms with E-state index in [2.05, 4.69) is 25.3 Å². The molecule has 194 valence electrons. The van der Waals surface area contributed by atoms with Gasteiger partial charge < -0.3 is 15.7 Å². The van der Waals surface area contributed by atoms with Crippen molar-refractivity contribution in [2.24, 2.45) is 0 Å². The molecule has 0 unspecified atom stereocenters. The quantitative estimate of drug-likeness (QED) is 0.338. The number of rotatable bonds is 6. The highest BCUT2D eigenvalue weighted by molar-refractivity contribution is 7.89. The van der Waals surface area contributed by atoms with Crippen molar-refractivity contribution in [2.45, 2.75) is 17.2 Å². The average molecular weight is 537 g/mol. The average Bonchev–Trinajstić information content (AvgIpc) is 2.79. The highest BCUT2D eigenvalue weighted by Gasteiger charge is 2.38. The summed E-state index contributed by atoms with van der Waals surface area (Å²) >= 11 is 0. The first-order valence-electron chi connectivity index (χ1n) is 9.49. The molecule has 4 N–H and O–H groups in total. The maximum absolute atomic E-state index is 12.6. The Balaban J connectivity index is 0.000000572. The number of anilines is 4. The van der Waals surface area contributed by atoms with E-state index in [0.29, 0.717) is 23.0 Å². The minimum absolute atomic E-state index is 0.0853. The molecule has 0 bridgehead atoms. The molecule has 0 atom stereocenters. The van der Waals surface area contributed by atoms with Gasteiger partial charge in [-0.1, -0.05) is 6.07 Å². The minimum Gasteiger partial charge on any atom is -0.475 e. The molecule has 2 aromatic carbocycles. The van der Waals surface area contributed by atoms with Crippen molar-refractivity contribution in [3.8, 4) is 0 Å². The first-order valence-corrected chi connectivity index (χ1v) is 11.0. The van der Waals surface area contributed by atoms with Gasteiger partial charge in [0.15, 0.2) is 0 Å². The smallest absolute Gasteiger partial charge is 0.475 e. The fourth-order valence-corrected chi connectivity index (χ4v) is 3.17. The van der Waals surface area contributed by atoms with Crippen molar-refractivity contribution in [3.05, 3.63) is 66.5 Å². The lowest BCUT2D eigenvalue weighted by atomic mass is 10.2. The fourth-order valence-electron chi connectivity index (χ4n) is 2.39. The van der Waals surface area contributed by atoms with Crippen LogP contribution in [-0.2, 0) is 21.0 Å². The van der Waals surface area contributed by atoms with E-state index in [4.69, 9.17) is 9.90 Å². The summed E-state index contributed by atoms with van der Waals surface area (Å²) in [6.45, 7) is 0. The molecule has 0 saturated carbocycles. The van der Waals surface area contributed by atoms with Gasteiger partial charge in [-0.2, -0.15) is 26.3 Å². The second-order valence-corrected chi connectivity index (χ2v) is 8.54. The van der Waals surface area contributed by atoms with E-state index < -0.39 is 33.9 Å². The molecule has 16 heteroatoms. The van der Waals surface area contributed by atoms with E-state index in [1.807, 2.05) is 0 Å². The third-order valence-corrected chi connectivity index (χ3v) is 5.49. The van der Waals surface area contributed by atoms with Gasteiger partial charge >= 0.3 is 18.3 Å². The van der Waals surface area contributed by atoms with Crippen LogP contribution in [0.15, 0.2) is 65.8 Å². The maximum Gasteiger partial charge on any atom is 0.490 e. The standard InChI is InChI=1S/C18H16F3N5O2S.C2HF3O2/c1-22-29(27,28)15-4-2-3-14(9-15)26-17-10-16(23-11-24-17)25-13-7-5-12(6-8-13)18(19,20)21;3-2(4,5)1(6)7/h2-11,22H,1H3,(H2,23,24,25,26);(H,6,7). The van der Waals surface area contributed by atoms with Crippen molar-refractivity contribution < 1.29 is 44.7 Å². The van der Waals surface area contributed by atoms with Crippen LogP contribution >= 0.6 is 0 Å². The summed E-state index contributed by atoms with van der Waals surface area (Å²) in [6, 6.07) is 12.2. The topological polar surface area (TPSA) is 133 Å². The van der Waals surface area contributed by atoms with Gasteiger partial charge in [0.25, 0.3) is 0 Å². The lowest BCUT2D eigenvalue weighted by molar-refractivity contribution is -0.192. The van der Waals surface area contributed by atoms with Gasteiger partial charge in [-0.05, 0) is 49.5 Å². The van der Waals surface area contributed by atoms with E-state index in [1.54, 1.807) is 12.1 Å². The second kappa shape index (κ2) is 11.2. The van der Waals surface area contributed by atoms with Crippen LogP contribution in [0.1, 0.15) is 5.56 Å². The van der Waals surface area contributed by atoms with Crippen LogP contribution in [0, 0.1) is 0 Å². The summed E-state index contributed by atoms with van der Waals surface area (Å²) < 4.78 is 95.7. The van der Waals surface area contributed by atoms with Gasteiger partial charge in [0, 0.05) is 17.4 Å². The third kappa shape index (κ3) is 8.38. The number of benzene rings is 2. The largest absolute Gasteiger partial charge is 0.490 e. The summed E-state index contributed by atoms with van der Waals surface area (Å²) in [5.41, 5.74) is 0.162. The van der Waals surface area contributed by atoms with Gasteiger partial charge in [-0.3, -0.25) is 0 Å². The molecule has 0 spiro atoms. The predicted octanol–water partition coefficient (Wildman–Crippen LogP) is 4.52. The van der Waals surface area contributed by atoms with Gasteiger partial charge in [-0.25, -0.2) is 27.9 Å². The maximum atomic E-state index is 12.6. The number of aliphatic carboxylic acids is 1. The lowest BCUT2D eigenvalue weighted by Gasteiger charge is -2.11. The zero-order valence-corrected chi connectivity index (χ0v) is 18.8. The molecule has 36 heavy (non-hydrogen) atoms. The van der Waals surface area contributed by atoms with E-state index >= 15 is 0 Å². The van der Waals surface area contributed by atoms with E-state index in [0.717, 1.165) is 12.1 Å². The molecule has 0 aliphatic heterocycles. The zero-order chi connectivity index (χ0) is 27.1. The number of halogens is 6. The predicted molar refractivity (Wildman–Crippen MR) is 116 cm³/mol. The SMILES string of the molecule is CNS(=O)(=O)c1cccc(Nc2cc(Nc3ccc(C(F)(F)F)cc3)ncn2)c1.O=C(O)C(F)(F)F. The molecule has 0 radical (unpaired) electrons. The third-order valence-electron chi connectivity index (χ3n) is 4.08. The Labute approximate surface area is 200 Å². The summed E-state index contributed by atoms with van der Waals surface area (Å²) in [4.78, 5) is 17.1. The van der Waals surface area contributed by atoms with E-state index in [9.17, 15) is 34.8 Å². The number of carbonyl (C=O) groups is 1. The number of alkyl halides is 6. The van der Waals surface area contributed by atoms with E-state index in [1.165, 1.54) is 43.7 Å². The number of hydrogen-bond acceptors (Lipinski definition) is 7. The Morgan fingerprint density at radius 3 is 1.86 bits per heavy atom. The normalized spacial score (nSPS) is 11.8. The van der Waals surface area contributed by atoms with Crippen molar-refractivity contribution in [1.29, 1.82) is 0 Å². The molecule has 3 aromatic rings. The van der Waals surface area contributed by atoms with Crippen molar-refractivity contribution >= 4 is 39.0 Å². The minimum atomic E-state index is -5.08.